The number of fused-ring (bicyclic) bond motifs is 1. The number of methoxy groups -OCH3 is 1. The number of ether oxygens (including phenoxy) is 1. The van der Waals surface area contributed by atoms with Crippen LogP contribution in [0.2, 0.25) is 0 Å². The molecule has 0 aliphatic rings. The summed E-state index contributed by atoms with van der Waals surface area (Å²) in [4.78, 5) is 22.5. The number of carbonyl (C=O) groups excluding carboxylic acids is 1. The Hall–Kier alpha value is -3.88. The number of para-hydroxylation sites is 1. The molecule has 0 aliphatic heterocycles. The minimum atomic E-state index is -0.745. The normalized spacial score (nSPS) is 11.0. The number of phenolic OH excluding ortho intramolecular Hbond substituents is 1. The number of phenols is 1. The lowest BCUT2D eigenvalue weighted by atomic mass is 10.1. The number of rotatable bonds is 5. The first-order chi connectivity index (χ1) is 12.9. The molecule has 1 heterocycles. The fourth-order valence-corrected chi connectivity index (χ4v) is 2.59. The number of aryl methyl sites for hydroxylation is 1. The average Bonchev–Trinajstić information content (AvgIpc) is 2.99. The molecule has 2 aromatic carbocycles. The zero-order valence-electron chi connectivity index (χ0n) is 14.4. The van der Waals surface area contributed by atoms with E-state index in [1.54, 1.807) is 19.1 Å². The minimum absolute atomic E-state index is 0.0786. The number of hydrogen-bond donors (Lipinski definition) is 2. The third-order valence-electron chi connectivity index (χ3n) is 3.92. The van der Waals surface area contributed by atoms with Crippen LogP contribution in [0.1, 0.15) is 21.7 Å². The molecule has 9 nitrogen and oxygen atoms in total. The molecule has 0 bridgehead atoms. The van der Waals surface area contributed by atoms with Gasteiger partial charge in [0.1, 0.15) is 5.58 Å². The van der Waals surface area contributed by atoms with E-state index in [4.69, 9.17) is 9.15 Å². The van der Waals surface area contributed by atoms with E-state index >= 15 is 0 Å². The Morgan fingerprint density at radius 1 is 1.37 bits per heavy atom. The molecular weight excluding hydrogens is 354 g/mol. The van der Waals surface area contributed by atoms with Crippen LogP contribution >= 0.6 is 0 Å². The molecule has 0 saturated heterocycles. The standard InChI is InChI=1S/C18H15N3O6/c1-10-12-5-3-4-6-14(12)27-17(10)18(23)20-19-9-11-7-13(21(24)25)16(22)15(8-11)26-2/h3-9,22H,1-2H3,(H,20,23)/b19-9-. The van der Waals surface area contributed by atoms with Crippen LogP contribution in [0.3, 0.4) is 0 Å². The molecular formula is C18H15N3O6. The van der Waals surface area contributed by atoms with Crippen molar-refractivity contribution in [3.8, 4) is 11.5 Å². The van der Waals surface area contributed by atoms with Gasteiger partial charge < -0.3 is 14.3 Å². The second kappa shape index (κ2) is 7.16. The van der Waals surface area contributed by atoms with Gasteiger partial charge in [-0.3, -0.25) is 14.9 Å². The second-order valence-corrected chi connectivity index (χ2v) is 5.60. The van der Waals surface area contributed by atoms with Crippen molar-refractivity contribution >= 4 is 28.8 Å². The Bertz CT molecular complexity index is 1070. The molecule has 1 aromatic heterocycles. The molecule has 0 unspecified atom stereocenters. The second-order valence-electron chi connectivity index (χ2n) is 5.60. The minimum Gasteiger partial charge on any atom is -0.500 e. The molecule has 0 fully saturated rings. The first kappa shape index (κ1) is 17.9. The van der Waals surface area contributed by atoms with Crippen molar-refractivity contribution in [2.75, 3.05) is 7.11 Å². The van der Waals surface area contributed by atoms with E-state index in [0.717, 1.165) is 11.5 Å². The van der Waals surface area contributed by atoms with Gasteiger partial charge in [-0.2, -0.15) is 5.10 Å². The van der Waals surface area contributed by atoms with Crippen molar-refractivity contribution in [2.24, 2.45) is 5.10 Å². The Kier molecular flexibility index (Phi) is 4.75. The maximum Gasteiger partial charge on any atom is 0.315 e. The highest BCUT2D eigenvalue weighted by atomic mass is 16.6. The lowest BCUT2D eigenvalue weighted by Crippen LogP contribution is -2.17. The van der Waals surface area contributed by atoms with Crippen LogP contribution in [0.5, 0.6) is 11.5 Å². The van der Waals surface area contributed by atoms with E-state index < -0.39 is 22.3 Å². The van der Waals surface area contributed by atoms with Crippen LogP contribution in [0, 0.1) is 17.0 Å². The van der Waals surface area contributed by atoms with E-state index in [2.05, 4.69) is 10.5 Å². The molecule has 3 rings (SSSR count). The molecule has 1 amide bonds. The van der Waals surface area contributed by atoms with Gasteiger partial charge in [0.2, 0.25) is 5.75 Å². The van der Waals surface area contributed by atoms with Crippen LogP contribution in [0.15, 0.2) is 45.9 Å². The molecule has 138 valence electrons. The summed E-state index contributed by atoms with van der Waals surface area (Å²) in [5.41, 5.74) is 3.31. The summed E-state index contributed by atoms with van der Waals surface area (Å²) in [5.74, 6) is -1.09. The third-order valence-corrected chi connectivity index (χ3v) is 3.92. The van der Waals surface area contributed by atoms with Gasteiger partial charge >= 0.3 is 11.6 Å². The van der Waals surface area contributed by atoms with Gasteiger partial charge in [-0.05, 0) is 19.1 Å². The lowest BCUT2D eigenvalue weighted by Gasteiger charge is -2.05. The number of aromatic hydroxyl groups is 1. The van der Waals surface area contributed by atoms with E-state index in [-0.39, 0.29) is 17.1 Å². The molecule has 3 aromatic rings. The number of benzene rings is 2. The summed E-state index contributed by atoms with van der Waals surface area (Å²) >= 11 is 0. The smallest absolute Gasteiger partial charge is 0.315 e. The zero-order chi connectivity index (χ0) is 19.6. The van der Waals surface area contributed by atoms with E-state index in [9.17, 15) is 20.0 Å². The number of hydrogen-bond acceptors (Lipinski definition) is 7. The number of nitro benzene ring substituents is 1. The first-order valence-electron chi connectivity index (χ1n) is 7.79. The SMILES string of the molecule is COc1cc(/C=N\NC(=O)c2oc3ccccc3c2C)cc([N+](=O)[O-])c1O. The Balaban J connectivity index is 1.82. The predicted molar refractivity (Wildman–Crippen MR) is 97.3 cm³/mol. The largest absolute Gasteiger partial charge is 0.500 e. The Labute approximate surface area is 153 Å². The summed E-state index contributed by atoms with van der Waals surface area (Å²) in [6.45, 7) is 1.76. The summed E-state index contributed by atoms with van der Waals surface area (Å²) < 4.78 is 10.4. The fraction of sp³-hybridized carbons (Fsp3) is 0.111. The number of hydrazone groups is 1. The maximum atomic E-state index is 12.3. The summed E-state index contributed by atoms with van der Waals surface area (Å²) in [6, 6.07) is 9.71. The monoisotopic (exact) mass is 369 g/mol. The van der Waals surface area contributed by atoms with Crippen LogP contribution in [-0.4, -0.2) is 29.3 Å². The fourth-order valence-electron chi connectivity index (χ4n) is 2.59. The van der Waals surface area contributed by atoms with Crippen molar-refractivity contribution in [2.45, 2.75) is 6.92 Å². The van der Waals surface area contributed by atoms with Gasteiger partial charge in [-0.15, -0.1) is 0 Å². The van der Waals surface area contributed by atoms with Crippen molar-refractivity contribution in [3.63, 3.8) is 0 Å². The van der Waals surface area contributed by atoms with Crippen LogP contribution in [-0.2, 0) is 0 Å². The van der Waals surface area contributed by atoms with Crippen LogP contribution in [0.25, 0.3) is 11.0 Å². The quantitative estimate of drug-likeness (QED) is 0.404. The van der Waals surface area contributed by atoms with Crippen LogP contribution < -0.4 is 10.2 Å². The highest BCUT2D eigenvalue weighted by molar-refractivity contribution is 5.99. The predicted octanol–water partition coefficient (Wildman–Crippen LogP) is 3.13. The number of amides is 1. The topological polar surface area (TPSA) is 127 Å². The maximum absolute atomic E-state index is 12.3. The molecule has 27 heavy (non-hydrogen) atoms. The highest BCUT2D eigenvalue weighted by Crippen LogP contribution is 2.36. The molecule has 0 saturated carbocycles. The van der Waals surface area contributed by atoms with Crippen molar-refractivity contribution in [1.82, 2.24) is 5.43 Å². The zero-order valence-corrected chi connectivity index (χ0v) is 14.4. The lowest BCUT2D eigenvalue weighted by molar-refractivity contribution is -0.386. The highest BCUT2D eigenvalue weighted by Gasteiger charge is 2.20. The molecule has 0 aliphatic carbocycles. The third kappa shape index (κ3) is 3.43. The van der Waals surface area contributed by atoms with Gasteiger partial charge in [0.25, 0.3) is 0 Å². The van der Waals surface area contributed by atoms with Gasteiger partial charge in [0, 0.05) is 22.6 Å². The molecule has 2 N–H and O–H groups in total. The Morgan fingerprint density at radius 2 is 2.11 bits per heavy atom. The number of carbonyl (C=O) groups is 1. The molecule has 0 radical (unpaired) electrons. The Morgan fingerprint density at radius 3 is 2.78 bits per heavy atom. The first-order valence-corrected chi connectivity index (χ1v) is 7.79. The van der Waals surface area contributed by atoms with Gasteiger partial charge in [0.05, 0.1) is 18.2 Å². The van der Waals surface area contributed by atoms with Gasteiger partial charge in [-0.25, -0.2) is 5.43 Å². The summed E-state index contributed by atoms with van der Waals surface area (Å²) in [6.07, 6.45) is 1.20. The van der Waals surface area contributed by atoms with E-state index in [1.807, 2.05) is 12.1 Å². The van der Waals surface area contributed by atoms with Crippen LogP contribution in [0.4, 0.5) is 5.69 Å². The molecule has 0 spiro atoms. The number of nitrogens with zero attached hydrogens (tertiary/aromatic N) is 2. The number of nitrogens with one attached hydrogen (secondary N) is 1. The van der Waals surface area contributed by atoms with Crippen molar-refractivity contribution < 1.29 is 24.0 Å². The average molecular weight is 369 g/mol. The summed E-state index contributed by atoms with van der Waals surface area (Å²) in [7, 11) is 1.27. The van der Waals surface area contributed by atoms with Gasteiger partial charge in [0.15, 0.2) is 11.5 Å². The van der Waals surface area contributed by atoms with Crippen molar-refractivity contribution in [1.29, 1.82) is 0 Å². The molecule has 0 atom stereocenters. The molecule has 9 heteroatoms. The summed E-state index contributed by atoms with van der Waals surface area (Å²) in [5, 5.41) is 25.4. The van der Waals surface area contributed by atoms with Crippen molar-refractivity contribution in [3.05, 3.63) is 63.4 Å². The number of furan rings is 1. The van der Waals surface area contributed by atoms with E-state index in [0.29, 0.717) is 11.1 Å². The van der Waals surface area contributed by atoms with E-state index in [1.165, 1.54) is 19.4 Å². The number of nitro groups is 1. The van der Waals surface area contributed by atoms with Gasteiger partial charge in [-0.1, -0.05) is 18.2 Å².